The zero-order valence-corrected chi connectivity index (χ0v) is 13.4. The number of hydrogen-bond acceptors (Lipinski definition) is 5. The normalized spacial score (nSPS) is 21.2. The van der Waals surface area contributed by atoms with E-state index in [9.17, 15) is 14.7 Å². The van der Waals surface area contributed by atoms with E-state index >= 15 is 0 Å². The zero-order valence-electron chi connectivity index (χ0n) is 11.0. The first-order valence-electron chi connectivity index (χ1n) is 6.32. The summed E-state index contributed by atoms with van der Waals surface area (Å²) in [4.78, 5) is 26.0. The molecule has 5 nitrogen and oxygen atoms in total. The molecule has 1 aromatic rings. The van der Waals surface area contributed by atoms with Gasteiger partial charge in [0.25, 0.3) is 0 Å². The smallest absolute Gasteiger partial charge is 0.327 e. The fourth-order valence-electron chi connectivity index (χ4n) is 2.13. The van der Waals surface area contributed by atoms with Crippen molar-refractivity contribution in [3.63, 3.8) is 0 Å². The number of carbonyl (C=O) groups is 2. The summed E-state index contributed by atoms with van der Waals surface area (Å²) in [6, 6.07) is 4.73. The number of unbranched alkanes of at least 4 members (excludes halogenated alkanes) is 1. The first kappa shape index (κ1) is 16.1. The number of halogens is 1. The van der Waals surface area contributed by atoms with E-state index in [1.165, 1.54) is 28.0 Å². The molecule has 1 aliphatic heterocycles. The number of nitriles is 1. The van der Waals surface area contributed by atoms with Gasteiger partial charge in [-0.15, -0.1) is 23.1 Å². The minimum Gasteiger partial charge on any atom is -0.480 e. The van der Waals surface area contributed by atoms with Gasteiger partial charge >= 0.3 is 5.97 Å². The summed E-state index contributed by atoms with van der Waals surface area (Å²) in [6.07, 6.45) is 0.925. The molecule has 0 aromatic carbocycles. The Balaban J connectivity index is 2.18. The van der Waals surface area contributed by atoms with Crippen molar-refractivity contribution in [2.24, 2.45) is 0 Å². The molecule has 2 atom stereocenters. The lowest BCUT2D eigenvalue weighted by Gasteiger charge is -2.26. The zero-order chi connectivity index (χ0) is 15.4. The fraction of sp³-hybridized carbons (Fsp3) is 0.462. The summed E-state index contributed by atoms with van der Waals surface area (Å²) in [6.45, 7) is 0. The molecule has 1 amide bonds. The van der Waals surface area contributed by atoms with Crippen LogP contribution in [0.2, 0.25) is 4.34 Å². The van der Waals surface area contributed by atoms with Gasteiger partial charge in [-0.25, -0.2) is 4.79 Å². The van der Waals surface area contributed by atoms with Crippen LogP contribution < -0.4 is 0 Å². The van der Waals surface area contributed by atoms with Crippen molar-refractivity contribution >= 4 is 46.6 Å². The fourth-order valence-corrected chi connectivity index (χ4v) is 4.86. The molecule has 1 aliphatic rings. The maximum Gasteiger partial charge on any atom is 0.327 e. The standard InChI is InChI=1S/C13H13ClN2O3S2/c14-10-5-4-9(21-10)12-16(8(7-20-12)13(18)19)11(17)3-1-2-6-15/h4-5,8,12H,1-3,7H2,(H,18,19). The number of carbonyl (C=O) groups excluding carboxylic acids is 1. The van der Waals surface area contributed by atoms with Crippen LogP contribution in [-0.4, -0.2) is 33.7 Å². The molecule has 1 saturated heterocycles. The monoisotopic (exact) mass is 344 g/mol. The van der Waals surface area contributed by atoms with Gasteiger partial charge in [0.05, 0.1) is 10.4 Å². The SMILES string of the molecule is N#CCCCC(=O)N1C(C(=O)O)CSC1c1ccc(Cl)s1. The van der Waals surface area contributed by atoms with Gasteiger partial charge in [-0.2, -0.15) is 5.26 Å². The molecule has 0 radical (unpaired) electrons. The number of carboxylic acids is 1. The molecule has 2 rings (SSSR count). The van der Waals surface area contributed by atoms with Crippen molar-refractivity contribution < 1.29 is 14.7 Å². The molecule has 0 bridgehead atoms. The van der Waals surface area contributed by atoms with E-state index in [0.29, 0.717) is 22.9 Å². The molecule has 8 heteroatoms. The minimum absolute atomic E-state index is 0.188. The van der Waals surface area contributed by atoms with Gasteiger partial charge in [0, 0.05) is 23.5 Å². The van der Waals surface area contributed by atoms with Gasteiger partial charge < -0.3 is 10.0 Å². The van der Waals surface area contributed by atoms with Crippen LogP contribution in [0.1, 0.15) is 29.5 Å². The van der Waals surface area contributed by atoms with Crippen molar-refractivity contribution in [2.75, 3.05) is 5.75 Å². The summed E-state index contributed by atoms with van der Waals surface area (Å²) in [7, 11) is 0. The number of hydrogen-bond donors (Lipinski definition) is 1. The third-order valence-electron chi connectivity index (χ3n) is 3.09. The Hall–Kier alpha value is -1.23. The van der Waals surface area contributed by atoms with Crippen LogP contribution >= 0.6 is 34.7 Å². The largest absolute Gasteiger partial charge is 0.480 e. The Morgan fingerprint density at radius 2 is 2.29 bits per heavy atom. The second kappa shape index (κ2) is 7.16. The van der Waals surface area contributed by atoms with E-state index < -0.39 is 12.0 Å². The third kappa shape index (κ3) is 3.70. The molecule has 21 heavy (non-hydrogen) atoms. The van der Waals surface area contributed by atoms with Crippen LogP contribution in [0, 0.1) is 11.3 Å². The molecule has 1 fully saturated rings. The van der Waals surface area contributed by atoms with E-state index in [0.717, 1.165) is 4.88 Å². The number of amides is 1. The number of rotatable bonds is 5. The second-order valence-corrected chi connectivity index (χ2v) is 7.35. The van der Waals surface area contributed by atoms with Crippen molar-refractivity contribution in [2.45, 2.75) is 30.7 Å². The molecule has 1 aromatic heterocycles. The van der Waals surface area contributed by atoms with Gasteiger partial charge in [-0.1, -0.05) is 11.6 Å². The van der Waals surface area contributed by atoms with Gasteiger partial charge in [0.15, 0.2) is 0 Å². The highest BCUT2D eigenvalue weighted by atomic mass is 35.5. The Morgan fingerprint density at radius 3 is 2.86 bits per heavy atom. The lowest BCUT2D eigenvalue weighted by Crippen LogP contribution is -2.42. The summed E-state index contributed by atoms with van der Waals surface area (Å²) < 4.78 is 0.612. The Labute approximate surface area is 135 Å². The van der Waals surface area contributed by atoms with E-state index in [2.05, 4.69) is 0 Å². The second-order valence-electron chi connectivity index (χ2n) is 4.49. The average Bonchev–Trinajstić information content (AvgIpc) is 3.04. The Bertz CT molecular complexity index is 584. The summed E-state index contributed by atoms with van der Waals surface area (Å²) in [5, 5.41) is 17.5. The molecule has 1 N–H and O–H groups in total. The highest BCUT2D eigenvalue weighted by Crippen LogP contribution is 2.45. The van der Waals surface area contributed by atoms with Gasteiger partial charge in [0.2, 0.25) is 5.91 Å². The van der Waals surface area contributed by atoms with Crippen molar-refractivity contribution in [1.29, 1.82) is 5.26 Å². The van der Waals surface area contributed by atoms with Crippen LogP contribution in [0.3, 0.4) is 0 Å². The van der Waals surface area contributed by atoms with Crippen LogP contribution in [0.5, 0.6) is 0 Å². The van der Waals surface area contributed by atoms with Crippen molar-refractivity contribution in [1.82, 2.24) is 4.90 Å². The molecule has 0 saturated carbocycles. The third-order valence-corrected chi connectivity index (χ3v) is 5.83. The van der Waals surface area contributed by atoms with Crippen LogP contribution in [0.15, 0.2) is 12.1 Å². The number of carboxylic acid groups (broad SMARTS) is 1. The van der Waals surface area contributed by atoms with E-state index in [1.54, 1.807) is 6.07 Å². The minimum atomic E-state index is -0.999. The highest BCUT2D eigenvalue weighted by Gasteiger charge is 2.42. The van der Waals surface area contributed by atoms with Crippen molar-refractivity contribution in [3.05, 3.63) is 21.3 Å². The van der Waals surface area contributed by atoms with Gasteiger partial charge in [-0.05, 0) is 18.6 Å². The molecular weight excluding hydrogens is 332 g/mol. The number of nitrogens with zero attached hydrogens (tertiary/aromatic N) is 2. The Morgan fingerprint density at radius 1 is 1.52 bits per heavy atom. The number of aliphatic carboxylic acids is 1. The summed E-state index contributed by atoms with van der Waals surface area (Å²) in [5.41, 5.74) is 0. The van der Waals surface area contributed by atoms with E-state index in [-0.39, 0.29) is 17.7 Å². The van der Waals surface area contributed by atoms with Crippen molar-refractivity contribution in [3.8, 4) is 6.07 Å². The van der Waals surface area contributed by atoms with E-state index in [1.807, 2.05) is 12.1 Å². The molecule has 0 aliphatic carbocycles. The Kier molecular flexibility index (Phi) is 5.51. The molecule has 112 valence electrons. The maximum absolute atomic E-state index is 12.3. The van der Waals surface area contributed by atoms with Crippen LogP contribution in [-0.2, 0) is 9.59 Å². The lowest BCUT2D eigenvalue weighted by atomic mass is 10.2. The molecule has 2 heterocycles. The topological polar surface area (TPSA) is 81.4 Å². The first-order valence-corrected chi connectivity index (χ1v) is 8.56. The lowest BCUT2D eigenvalue weighted by molar-refractivity contribution is -0.149. The quantitative estimate of drug-likeness (QED) is 0.830. The average molecular weight is 345 g/mol. The molecule has 0 spiro atoms. The molecular formula is C13H13ClN2O3S2. The van der Waals surface area contributed by atoms with E-state index in [4.69, 9.17) is 16.9 Å². The number of thiophene rings is 1. The van der Waals surface area contributed by atoms with Crippen LogP contribution in [0.4, 0.5) is 0 Å². The molecule has 2 unspecified atom stereocenters. The summed E-state index contributed by atoms with van der Waals surface area (Å²) >= 11 is 8.71. The predicted octanol–water partition coefficient (Wildman–Crippen LogP) is 3.12. The maximum atomic E-state index is 12.3. The predicted molar refractivity (Wildman–Crippen MR) is 82.3 cm³/mol. The van der Waals surface area contributed by atoms with Gasteiger partial charge in [0.1, 0.15) is 11.4 Å². The van der Waals surface area contributed by atoms with Crippen LogP contribution in [0.25, 0.3) is 0 Å². The summed E-state index contributed by atoms with van der Waals surface area (Å²) in [5.74, 6) is -0.863. The first-order chi connectivity index (χ1) is 10.0. The van der Waals surface area contributed by atoms with Gasteiger partial charge in [-0.3, -0.25) is 4.79 Å². The number of thioether (sulfide) groups is 1. The highest BCUT2D eigenvalue weighted by molar-refractivity contribution is 7.99.